The van der Waals surface area contributed by atoms with E-state index in [1.807, 2.05) is 19.9 Å². The number of hydrogen-bond acceptors (Lipinski definition) is 6. The molecule has 34 heavy (non-hydrogen) atoms. The highest BCUT2D eigenvalue weighted by molar-refractivity contribution is 7.89. The van der Waals surface area contributed by atoms with Crippen LogP contribution in [0.1, 0.15) is 28.7 Å². The molecule has 0 bridgehead atoms. The summed E-state index contributed by atoms with van der Waals surface area (Å²) in [5.74, 6) is -1.32. The number of imide groups is 1. The molecular weight excluding hydrogens is 478 g/mol. The first-order chi connectivity index (χ1) is 15.7. The summed E-state index contributed by atoms with van der Waals surface area (Å²) in [6.07, 6.45) is 1.01. The molecule has 2 N–H and O–H groups in total. The van der Waals surface area contributed by atoms with Gasteiger partial charge in [-0.1, -0.05) is 12.1 Å². The maximum atomic E-state index is 13.8. The van der Waals surface area contributed by atoms with Crippen molar-refractivity contribution in [2.75, 3.05) is 11.4 Å². The monoisotopic (exact) mass is 505 g/mol. The van der Waals surface area contributed by atoms with Crippen LogP contribution in [0.5, 0.6) is 0 Å². The number of carbonyl (C=O) groups excluding carboxylic acids is 2. The van der Waals surface area contributed by atoms with Crippen molar-refractivity contribution in [2.45, 2.75) is 49.9 Å². The topological polar surface area (TPSA) is 135 Å². The van der Waals surface area contributed by atoms with Crippen molar-refractivity contribution in [1.82, 2.24) is 4.31 Å². The third-order valence-corrected chi connectivity index (χ3v) is 9.15. The summed E-state index contributed by atoms with van der Waals surface area (Å²) in [5, 5.41) is 5.10. The van der Waals surface area contributed by atoms with E-state index in [1.165, 1.54) is 30.3 Å². The summed E-state index contributed by atoms with van der Waals surface area (Å²) in [7, 11) is -8.13. The van der Waals surface area contributed by atoms with E-state index in [4.69, 9.17) is 5.14 Å². The Balaban J connectivity index is 2.06. The van der Waals surface area contributed by atoms with Gasteiger partial charge in [-0.3, -0.25) is 9.59 Å². The molecule has 2 amide bonds. The fourth-order valence-corrected chi connectivity index (χ4v) is 6.75. The number of hydrogen-bond donors (Lipinski definition) is 1. The van der Waals surface area contributed by atoms with Crippen LogP contribution in [0.4, 0.5) is 5.69 Å². The quantitative estimate of drug-likeness (QED) is 0.452. The molecule has 2 aromatic rings. The Bertz CT molecular complexity index is 1370. The third kappa shape index (κ3) is 4.43. The Morgan fingerprint density at radius 2 is 1.56 bits per heavy atom. The van der Waals surface area contributed by atoms with E-state index in [2.05, 4.69) is 6.58 Å². The van der Waals surface area contributed by atoms with Gasteiger partial charge in [-0.25, -0.2) is 26.9 Å². The molecule has 0 radical (unpaired) electrons. The fourth-order valence-electron chi connectivity index (χ4n) is 4.10. The minimum Gasteiger partial charge on any atom is -0.274 e. The average molecular weight is 506 g/mol. The highest BCUT2D eigenvalue weighted by Crippen LogP contribution is 2.33. The molecule has 1 saturated heterocycles. The lowest BCUT2D eigenvalue weighted by atomic mass is 10.0. The van der Waals surface area contributed by atoms with E-state index in [0.29, 0.717) is 11.1 Å². The lowest BCUT2D eigenvalue weighted by Gasteiger charge is -2.28. The first-order valence-electron chi connectivity index (χ1n) is 10.4. The Morgan fingerprint density at radius 1 is 1.03 bits per heavy atom. The number of rotatable bonds is 7. The van der Waals surface area contributed by atoms with E-state index in [1.54, 1.807) is 13.8 Å². The van der Waals surface area contributed by atoms with Gasteiger partial charge in [0.05, 0.1) is 21.9 Å². The average Bonchev–Trinajstić information content (AvgIpc) is 3.03. The van der Waals surface area contributed by atoms with Crippen molar-refractivity contribution in [3.05, 3.63) is 65.2 Å². The van der Waals surface area contributed by atoms with Gasteiger partial charge in [0, 0.05) is 6.54 Å². The number of nitrogens with two attached hydrogens (primary N) is 1. The van der Waals surface area contributed by atoms with Crippen molar-refractivity contribution in [3.63, 3.8) is 0 Å². The number of anilines is 1. The molecule has 3 rings (SSSR count). The number of primary sulfonamides is 1. The highest BCUT2D eigenvalue weighted by atomic mass is 32.2. The SMILES string of the molecule is C=CCN(C1CC(=O)N(c2ccc(S(N)(=O)=O)cc2)C1=O)S(=O)(=O)c1c(C)c(C)cc(C)c1C. The van der Waals surface area contributed by atoms with E-state index in [-0.39, 0.29) is 28.4 Å². The van der Waals surface area contributed by atoms with E-state index in [0.717, 1.165) is 20.3 Å². The van der Waals surface area contributed by atoms with Gasteiger partial charge in [0.15, 0.2) is 0 Å². The Hall–Kier alpha value is -2.86. The molecule has 1 heterocycles. The molecule has 1 atom stereocenters. The van der Waals surface area contributed by atoms with Gasteiger partial charge in [0.2, 0.25) is 26.0 Å². The van der Waals surface area contributed by atoms with Crippen molar-refractivity contribution < 1.29 is 26.4 Å². The van der Waals surface area contributed by atoms with Crippen LogP contribution in [-0.2, 0) is 29.6 Å². The van der Waals surface area contributed by atoms with E-state index in [9.17, 15) is 26.4 Å². The maximum absolute atomic E-state index is 13.8. The second-order valence-electron chi connectivity index (χ2n) is 8.28. The summed E-state index contributed by atoms with van der Waals surface area (Å²) >= 11 is 0. The molecule has 0 saturated carbocycles. The van der Waals surface area contributed by atoms with Gasteiger partial charge in [0.1, 0.15) is 6.04 Å². The summed E-state index contributed by atoms with van der Waals surface area (Å²) < 4.78 is 51.7. The van der Waals surface area contributed by atoms with Crippen LogP contribution in [0.2, 0.25) is 0 Å². The molecule has 2 aromatic carbocycles. The van der Waals surface area contributed by atoms with Gasteiger partial charge >= 0.3 is 0 Å². The summed E-state index contributed by atoms with van der Waals surface area (Å²) in [6.45, 7) is 10.5. The number of aryl methyl sites for hydroxylation is 2. The van der Waals surface area contributed by atoms with Crippen LogP contribution in [0.15, 0.2) is 52.8 Å². The van der Waals surface area contributed by atoms with Gasteiger partial charge in [-0.15, -0.1) is 6.58 Å². The maximum Gasteiger partial charge on any atom is 0.252 e. The molecule has 1 aliphatic heterocycles. The lowest BCUT2D eigenvalue weighted by Crippen LogP contribution is -2.45. The van der Waals surface area contributed by atoms with Crippen LogP contribution < -0.4 is 10.0 Å². The van der Waals surface area contributed by atoms with Gasteiger partial charge in [0.25, 0.3) is 5.91 Å². The molecule has 182 valence electrons. The normalized spacial score (nSPS) is 17.0. The summed E-state index contributed by atoms with van der Waals surface area (Å²) in [6, 6.07) is 5.55. The molecule has 11 heteroatoms. The smallest absolute Gasteiger partial charge is 0.252 e. The molecule has 1 fully saturated rings. The Labute approximate surface area is 200 Å². The van der Waals surface area contributed by atoms with Crippen molar-refractivity contribution in [1.29, 1.82) is 0 Å². The molecule has 0 aliphatic carbocycles. The standard InChI is InChI=1S/C23H27N3O6S2/c1-6-11-25(34(31,32)22-16(4)14(2)12-15(3)17(22)5)20-13-21(27)26(23(20)28)18-7-9-19(10-8-18)33(24,29)30/h6-10,12,20H,1,11,13H2,2-5H3,(H2,24,29,30). The van der Waals surface area contributed by atoms with Gasteiger partial charge in [-0.2, -0.15) is 4.31 Å². The summed E-state index contributed by atoms with van der Waals surface area (Å²) in [4.78, 5) is 26.9. The largest absolute Gasteiger partial charge is 0.274 e. The molecule has 9 nitrogen and oxygen atoms in total. The molecule has 1 aliphatic rings. The van der Waals surface area contributed by atoms with Crippen molar-refractivity contribution in [3.8, 4) is 0 Å². The van der Waals surface area contributed by atoms with Crippen LogP contribution in [0.25, 0.3) is 0 Å². The van der Waals surface area contributed by atoms with Gasteiger partial charge < -0.3 is 0 Å². The van der Waals surface area contributed by atoms with Crippen LogP contribution >= 0.6 is 0 Å². The van der Waals surface area contributed by atoms with Crippen LogP contribution in [-0.4, -0.2) is 45.5 Å². The van der Waals surface area contributed by atoms with Crippen molar-refractivity contribution >= 4 is 37.5 Å². The van der Waals surface area contributed by atoms with E-state index >= 15 is 0 Å². The number of amides is 2. The zero-order valence-corrected chi connectivity index (χ0v) is 21.0. The lowest BCUT2D eigenvalue weighted by molar-refractivity contribution is -0.122. The predicted octanol–water partition coefficient (Wildman–Crippen LogP) is 2.08. The van der Waals surface area contributed by atoms with Crippen LogP contribution in [0, 0.1) is 27.7 Å². The number of carbonyl (C=O) groups is 2. The minimum atomic E-state index is -4.17. The highest BCUT2D eigenvalue weighted by Gasteiger charge is 2.47. The number of sulfonamides is 2. The first-order valence-corrected chi connectivity index (χ1v) is 13.4. The molecular formula is C23H27N3O6S2. The zero-order chi connectivity index (χ0) is 25.6. The molecule has 0 spiro atoms. The molecule has 1 unspecified atom stereocenters. The fraction of sp³-hybridized carbons (Fsp3) is 0.304. The Morgan fingerprint density at radius 3 is 2.03 bits per heavy atom. The van der Waals surface area contributed by atoms with Gasteiger partial charge in [-0.05, 0) is 74.2 Å². The predicted molar refractivity (Wildman–Crippen MR) is 128 cm³/mol. The zero-order valence-electron chi connectivity index (χ0n) is 19.4. The first kappa shape index (κ1) is 25.8. The molecule has 0 aromatic heterocycles. The van der Waals surface area contributed by atoms with E-state index < -0.39 is 37.9 Å². The second-order valence-corrected chi connectivity index (χ2v) is 11.7. The number of benzene rings is 2. The third-order valence-electron chi connectivity index (χ3n) is 6.07. The van der Waals surface area contributed by atoms with Crippen LogP contribution in [0.3, 0.4) is 0 Å². The van der Waals surface area contributed by atoms with Crippen molar-refractivity contribution in [2.24, 2.45) is 5.14 Å². The second kappa shape index (κ2) is 9.06. The minimum absolute atomic E-state index is 0.114. The summed E-state index contributed by atoms with van der Waals surface area (Å²) in [5.41, 5.74) is 2.87. The number of nitrogens with zero attached hydrogens (tertiary/aromatic N) is 2. The Kier molecular flexibility index (Phi) is 6.87.